The van der Waals surface area contributed by atoms with E-state index in [9.17, 15) is 21.6 Å². The van der Waals surface area contributed by atoms with Gasteiger partial charge in [0.1, 0.15) is 0 Å². The molecule has 0 aliphatic rings. The first-order valence-corrected chi connectivity index (χ1v) is 11.1. The lowest BCUT2D eigenvalue weighted by Crippen LogP contribution is -2.30. The van der Waals surface area contributed by atoms with E-state index in [1.807, 2.05) is 11.6 Å². The van der Waals surface area contributed by atoms with Crippen molar-refractivity contribution in [2.75, 3.05) is 10.5 Å². The van der Waals surface area contributed by atoms with Crippen molar-refractivity contribution >= 4 is 31.6 Å². The maximum Gasteiger partial charge on any atom is 0.264 e. The summed E-state index contributed by atoms with van der Waals surface area (Å²) in [6, 6.07) is 13.1. The lowest BCUT2D eigenvalue weighted by atomic mass is 10.2. The Morgan fingerprint density at radius 3 is 2.12 bits per heavy atom. The zero-order valence-corrected chi connectivity index (χ0v) is 15.8. The first kappa shape index (κ1) is 19.9. The fourth-order valence-electron chi connectivity index (χ4n) is 2.10. The monoisotopic (exact) mass is 396 g/mol. The molecule has 7 nitrogen and oxygen atoms in total. The van der Waals surface area contributed by atoms with Gasteiger partial charge in [0.2, 0.25) is 10.0 Å². The van der Waals surface area contributed by atoms with Gasteiger partial charge in [-0.25, -0.2) is 21.6 Å². The maximum atomic E-state index is 12.3. The van der Waals surface area contributed by atoms with Crippen LogP contribution in [0.4, 0.5) is 5.69 Å². The van der Waals surface area contributed by atoms with Crippen molar-refractivity contribution in [2.24, 2.45) is 0 Å². The number of carbonyl (C=O) groups is 1. The zero-order valence-electron chi connectivity index (χ0n) is 14.2. The van der Waals surface area contributed by atoms with Gasteiger partial charge in [-0.1, -0.05) is 31.5 Å². The van der Waals surface area contributed by atoms with Crippen LogP contribution in [0, 0.1) is 0 Å². The predicted octanol–water partition coefficient (Wildman–Crippen LogP) is 2.35. The van der Waals surface area contributed by atoms with Gasteiger partial charge in [0, 0.05) is 11.3 Å². The molecule has 2 aromatic rings. The van der Waals surface area contributed by atoms with E-state index >= 15 is 0 Å². The Morgan fingerprint density at radius 1 is 0.923 bits per heavy atom. The number of amides is 1. The van der Waals surface area contributed by atoms with Gasteiger partial charge >= 0.3 is 0 Å². The Kier molecular flexibility index (Phi) is 6.38. The van der Waals surface area contributed by atoms with E-state index in [-0.39, 0.29) is 21.9 Å². The summed E-state index contributed by atoms with van der Waals surface area (Å²) in [5.74, 6) is -0.744. The summed E-state index contributed by atoms with van der Waals surface area (Å²) in [4.78, 5) is 11.9. The van der Waals surface area contributed by atoms with Crippen LogP contribution in [-0.2, 0) is 20.0 Å². The Bertz CT molecular complexity index is 954. The first-order valence-electron chi connectivity index (χ1n) is 7.96. The summed E-state index contributed by atoms with van der Waals surface area (Å²) < 4.78 is 52.6. The number of benzene rings is 2. The summed E-state index contributed by atoms with van der Waals surface area (Å²) >= 11 is 0. The van der Waals surface area contributed by atoms with E-state index in [0.29, 0.717) is 6.42 Å². The fraction of sp³-hybridized carbons (Fsp3) is 0.235. The second-order valence-corrected chi connectivity index (χ2v) is 9.12. The van der Waals surface area contributed by atoms with Gasteiger partial charge in [0.25, 0.3) is 15.9 Å². The van der Waals surface area contributed by atoms with E-state index in [2.05, 4.69) is 4.72 Å². The lowest BCUT2D eigenvalue weighted by molar-refractivity contribution is 0.0981. The van der Waals surface area contributed by atoms with Crippen LogP contribution in [0.3, 0.4) is 0 Å². The van der Waals surface area contributed by atoms with Gasteiger partial charge in [-0.05, 0) is 42.8 Å². The van der Waals surface area contributed by atoms with Crippen LogP contribution in [0.15, 0.2) is 59.5 Å². The molecule has 0 saturated heterocycles. The molecule has 0 bridgehead atoms. The molecule has 2 aromatic carbocycles. The minimum absolute atomic E-state index is 0.00329. The standard InChI is InChI=1S/C17H20N2O5S2/c1-2-3-13-25(21,22)18-15-9-11-16(12-10-15)26(23,24)19-17(20)14-7-5-4-6-8-14/h4-12,18H,2-3,13H2,1H3,(H,19,20). The van der Waals surface area contributed by atoms with Crippen LogP contribution in [-0.4, -0.2) is 28.5 Å². The Labute approximate surface area is 153 Å². The van der Waals surface area contributed by atoms with Gasteiger partial charge in [0.15, 0.2) is 0 Å². The molecule has 2 N–H and O–H groups in total. The highest BCUT2D eigenvalue weighted by atomic mass is 32.2. The number of unbranched alkanes of at least 4 members (excludes halogenated alkanes) is 1. The normalized spacial score (nSPS) is 11.7. The molecule has 140 valence electrons. The minimum Gasteiger partial charge on any atom is -0.284 e. The molecule has 0 atom stereocenters. The molecule has 1 amide bonds. The van der Waals surface area contributed by atoms with Crippen LogP contribution in [0.1, 0.15) is 30.1 Å². The second-order valence-electron chi connectivity index (χ2n) is 5.60. The SMILES string of the molecule is CCCCS(=O)(=O)Nc1ccc(S(=O)(=O)NC(=O)c2ccccc2)cc1. The summed E-state index contributed by atoms with van der Waals surface area (Å²) in [7, 11) is -7.53. The molecule has 0 fully saturated rings. The molecular weight excluding hydrogens is 376 g/mol. The number of sulfonamides is 2. The molecule has 0 radical (unpaired) electrons. The second kappa shape index (κ2) is 8.33. The predicted molar refractivity (Wildman–Crippen MR) is 99.9 cm³/mol. The first-order chi connectivity index (χ1) is 12.2. The number of nitrogens with one attached hydrogen (secondary N) is 2. The van der Waals surface area contributed by atoms with E-state index in [1.165, 1.54) is 36.4 Å². The fourth-order valence-corrected chi connectivity index (χ4v) is 4.34. The quantitative estimate of drug-likeness (QED) is 0.712. The highest BCUT2D eigenvalue weighted by molar-refractivity contribution is 7.92. The molecule has 26 heavy (non-hydrogen) atoms. The Hall–Kier alpha value is -2.39. The Balaban J connectivity index is 2.10. The molecule has 0 aliphatic carbocycles. The van der Waals surface area contributed by atoms with Crippen LogP contribution in [0.5, 0.6) is 0 Å². The zero-order chi connectivity index (χ0) is 19.2. The molecule has 0 aliphatic heterocycles. The van der Waals surface area contributed by atoms with Crippen LogP contribution in [0.2, 0.25) is 0 Å². The van der Waals surface area contributed by atoms with E-state index in [0.717, 1.165) is 6.42 Å². The highest BCUT2D eigenvalue weighted by Gasteiger charge is 2.19. The molecule has 0 heterocycles. The number of carbonyl (C=O) groups excluding carboxylic acids is 1. The molecule has 0 unspecified atom stereocenters. The van der Waals surface area contributed by atoms with Crippen molar-refractivity contribution in [3.8, 4) is 0 Å². The Morgan fingerprint density at radius 2 is 1.54 bits per heavy atom. The van der Waals surface area contributed by atoms with E-state index < -0.39 is 26.0 Å². The van der Waals surface area contributed by atoms with Crippen LogP contribution in [0.25, 0.3) is 0 Å². The van der Waals surface area contributed by atoms with Gasteiger partial charge < -0.3 is 0 Å². The summed E-state index contributed by atoms with van der Waals surface area (Å²) in [5, 5.41) is 0. The van der Waals surface area contributed by atoms with Gasteiger partial charge in [0.05, 0.1) is 10.6 Å². The highest BCUT2D eigenvalue weighted by Crippen LogP contribution is 2.16. The number of anilines is 1. The summed E-state index contributed by atoms with van der Waals surface area (Å²) in [6.07, 6.45) is 1.28. The van der Waals surface area contributed by atoms with Crippen molar-refractivity contribution in [2.45, 2.75) is 24.7 Å². The van der Waals surface area contributed by atoms with Gasteiger partial charge in [-0.2, -0.15) is 0 Å². The summed E-state index contributed by atoms with van der Waals surface area (Å²) in [5.41, 5.74) is 0.478. The third kappa shape index (κ3) is 5.57. The third-order valence-electron chi connectivity index (χ3n) is 3.47. The van der Waals surface area contributed by atoms with Crippen molar-refractivity contribution in [1.82, 2.24) is 4.72 Å². The molecular formula is C17H20N2O5S2. The van der Waals surface area contributed by atoms with Crippen molar-refractivity contribution in [3.05, 3.63) is 60.2 Å². The van der Waals surface area contributed by atoms with Gasteiger partial charge in [-0.15, -0.1) is 0 Å². The number of hydrogen-bond acceptors (Lipinski definition) is 5. The van der Waals surface area contributed by atoms with Crippen molar-refractivity contribution in [3.63, 3.8) is 0 Å². The largest absolute Gasteiger partial charge is 0.284 e. The molecule has 0 aromatic heterocycles. The molecule has 2 rings (SSSR count). The number of hydrogen-bond donors (Lipinski definition) is 2. The lowest BCUT2D eigenvalue weighted by Gasteiger charge is -2.10. The minimum atomic E-state index is -4.06. The van der Waals surface area contributed by atoms with E-state index in [1.54, 1.807) is 18.2 Å². The molecule has 0 saturated carbocycles. The van der Waals surface area contributed by atoms with Crippen LogP contribution >= 0.6 is 0 Å². The average molecular weight is 396 g/mol. The molecule has 0 spiro atoms. The smallest absolute Gasteiger partial charge is 0.264 e. The van der Waals surface area contributed by atoms with E-state index in [4.69, 9.17) is 0 Å². The van der Waals surface area contributed by atoms with Gasteiger partial charge in [-0.3, -0.25) is 9.52 Å². The van der Waals surface area contributed by atoms with Crippen LogP contribution < -0.4 is 9.44 Å². The summed E-state index contributed by atoms with van der Waals surface area (Å²) in [6.45, 7) is 1.89. The maximum absolute atomic E-state index is 12.3. The van der Waals surface area contributed by atoms with Crippen molar-refractivity contribution < 1.29 is 21.6 Å². The van der Waals surface area contributed by atoms with Crippen molar-refractivity contribution in [1.29, 1.82) is 0 Å². The third-order valence-corrected chi connectivity index (χ3v) is 6.19. The number of rotatable bonds is 8. The average Bonchev–Trinajstić information content (AvgIpc) is 2.60. The topological polar surface area (TPSA) is 109 Å². The molecule has 9 heteroatoms.